The van der Waals surface area contributed by atoms with E-state index in [9.17, 15) is 0 Å². The van der Waals surface area contributed by atoms with E-state index in [1.807, 2.05) is 6.07 Å². The summed E-state index contributed by atoms with van der Waals surface area (Å²) in [5, 5.41) is 0. The van der Waals surface area contributed by atoms with Gasteiger partial charge in [-0.2, -0.15) is 0 Å². The van der Waals surface area contributed by atoms with Crippen molar-refractivity contribution in [2.24, 2.45) is 5.92 Å². The molecular weight excluding hydrogens is 276 g/mol. The number of benzene rings is 1. The summed E-state index contributed by atoms with van der Waals surface area (Å²) in [5.74, 6) is 2.28. The summed E-state index contributed by atoms with van der Waals surface area (Å²) in [6.45, 7) is 6.79. The zero-order valence-corrected chi connectivity index (χ0v) is 14.8. The Morgan fingerprint density at radius 3 is 2.50 bits per heavy atom. The second-order valence-electron chi connectivity index (χ2n) is 6.67. The van der Waals surface area contributed by atoms with Crippen LogP contribution >= 0.6 is 0 Å². The number of hydrogen-bond donors (Lipinski definition) is 0. The molecule has 1 saturated heterocycles. The summed E-state index contributed by atoms with van der Waals surface area (Å²) in [6, 6.07) is 7.47. The number of piperidine rings is 1. The molecule has 4 nitrogen and oxygen atoms in total. The van der Waals surface area contributed by atoms with Gasteiger partial charge in [-0.25, -0.2) is 0 Å². The number of nitrogens with zero attached hydrogens (tertiary/aromatic N) is 2. The molecule has 1 heterocycles. The molecule has 124 valence electrons. The Morgan fingerprint density at radius 2 is 1.86 bits per heavy atom. The molecule has 3 unspecified atom stereocenters. The molecule has 0 spiro atoms. The minimum atomic E-state index is 0.624. The maximum atomic E-state index is 5.41. The summed E-state index contributed by atoms with van der Waals surface area (Å²) in [6.07, 6.45) is 1.22. The summed E-state index contributed by atoms with van der Waals surface area (Å²) in [5.41, 5.74) is 1.26. The van der Waals surface area contributed by atoms with Crippen molar-refractivity contribution in [2.75, 3.05) is 34.9 Å². The topological polar surface area (TPSA) is 24.9 Å². The van der Waals surface area contributed by atoms with Crippen LogP contribution in [0.1, 0.15) is 25.8 Å². The molecule has 3 atom stereocenters. The molecule has 1 aromatic carbocycles. The van der Waals surface area contributed by atoms with Gasteiger partial charge in [0.1, 0.15) is 0 Å². The van der Waals surface area contributed by atoms with Gasteiger partial charge in [0.15, 0.2) is 11.5 Å². The predicted octanol–water partition coefficient (Wildman–Crippen LogP) is 2.86. The van der Waals surface area contributed by atoms with Crippen LogP contribution in [0.15, 0.2) is 18.2 Å². The van der Waals surface area contributed by atoms with Crippen molar-refractivity contribution in [1.29, 1.82) is 0 Å². The smallest absolute Gasteiger partial charge is 0.161 e. The third-order valence-electron chi connectivity index (χ3n) is 5.01. The zero-order chi connectivity index (χ0) is 16.3. The highest BCUT2D eigenvalue weighted by molar-refractivity contribution is 5.42. The van der Waals surface area contributed by atoms with Crippen LogP contribution in [0.4, 0.5) is 0 Å². The van der Waals surface area contributed by atoms with Crippen LogP contribution in [0.25, 0.3) is 0 Å². The van der Waals surface area contributed by atoms with Gasteiger partial charge in [0.25, 0.3) is 0 Å². The normalized spacial score (nSPS) is 26.2. The van der Waals surface area contributed by atoms with E-state index in [0.717, 1.165) is 18.0 Å². The van der Waals surface area contributed by atoms with Gasteiger partial charge in [-0.05, 0) is 51.1 Å². The molecule has 22 heavy (non-hydrogen) atoms. The van der Waals surface area contributed by atoms with Crippen molar-refractivity contribution in [3.63, 3.8) is 0 Å². The number of rotatable bonds is 5. The maximum absolute atomic E-state index is 5.41. The lowest BCUT2D eigenvalue weighted by atomic mass is 9.88. The van der Waals surface area contributed by atoms with E-state index in [0.29, 0.717) is 18.0 Å². The van der Waals surface area contributed by atoms with Gasteiger partial charge in [0.2, 0.25) is 0 Å². The van der Waals surface area contributed by atoms with Crippen LogP contribution in [0, 0.1) is 5.92 Å². The lowest BCUT2D eigenvalue weighted by molar-refractivity contribution is 0.0561. The van der Waals surface area contributed by atoms with Crippen LogP contribution in [-0.2, 0) is 6.54 Å². The third kappa shape index (κ3) is 3.73. The first-order valence-electron chi connectivity index (χ1n) is 8.07. The molecule has 2 rings (SSSR count). The van der Waals surface area contributed by atoms with E-state index in [2.05, 4.69) is 49.9 Å². The van der Waals surface area contributed by atoms with Crippen LogP contribution in [-0.4, -0.2) is 56.7 Å². The first-order chi connectivity index (χ1) is 10.5. The Morgan fingerprint density at radius 1 is 1.18 bits per heavy atom. The fourth-order valence-electron chi connectivity index (χ4n) is 3.52. The molecule has 0 N–H and O–H groups in total. The van der Waals surface area contributed by atoms with E-state index < -0.39 is 0 Å². The Kier molecular flexibility index (Phi) is 5.70. The maximum Gasteiger partial charge on any atom is 0.161 e. The first kappa shape index (κ1) is 17.1. The van der Waals surface area contributed by atoms with Crippen LogP contribution in [0.3, 0.4) is 0 Å². The number of ether oxygens (including phenoxy) is 2. The largest absolute Gasteiger partial charge is 0.493 e. The SMILES string of the molecule is COc1ccc(CN(C)C2CC(C)N(C)CC2C)cc1OC. The van der Waals surface area contributed by atoms with Crippen LogP contribution in [0.5, 0.6) is 11.5 Å². The molecule has 0 aliphatic carbocycles. The second-order valence-corrected chi connectivity index (χ2v) is 6.67. The highest BCUT2D eigenvalue weighted by atomic mass is 16.5. The molecule has 1 aliphatic rings. The van der Waals surface area contributed by atoms with Crippen LogP contribution in [0.2, 0.25) is 0 Å². The van der Waals surface area contributed by atoms with Gasteiger partial charge in [-0.15, -0.1) is 0 Å². The minimum absolute atomic E-state index is 0.624. The molecule has 4 heteroatoms. The van der Waals surface area contributed by atoms with Gasteiger partial charge in [-0.3, -0.25) is 4.90 Å². The standard InChI is InChI=1S/C18H30N2O2/c1-13-11-19(3)14(2)9-16(13)20(4)12-15-7-8-17(21-5)18(10-15)22-6/h7-8,10,13-14,16H,9,11-12H2,1-6H3. The van der Waals surface area contributed by atoms with Crippen molar-refractivity contribution in [3.8, 4) is 11.5 Å². The van der Waals surface area contributed by atoms with Crippen molar-refractivity contribution in [1.82, 2.24) is 9.80 Å². The molecule has 0 saturated carbocycles. The van der Waals surface area contributed by atoms with Gasteiger partial charge in [0.05, 0.1) is 14.2 Å². The Labute approximate surface area is 135 Å². The number of hydrogen-bond acceptors (Lipinski definition) is 4. The minimum Gasteiger partial charge on any atom is -0.493 e. The first-order valence-corrected chi connectivity index (χ1v) is 8.07. The van der Waals surface area contributed by atoms with Gasteiger partial charge < -0.3 is 14.4 Å². The summed E-state index contributed by atoms with van der Waals surface area (Å²) < 4.78 is 10.7. The van der Waals surface area contributed by atoms with E-state index in [-0.39, 0.29) is 0 Å². The summed E-state index contributed by atoms with van der Waals surface area (Å²) in [7, 11) is 7.82. The predicted molar refractivity (Wildman–Crippen MR) is 90.7 cm³/mol. The van der Waals surface area contributed by atoms with Gasteiger partial charge in [0, 0.05) is 25.2 Å². The van der Waals surface area contributed by atoms with E-state index in [1.54, 1.807) is 14.2 Å². The average Bonchev–Trinajstić information content (AvgIpc) is 2.50. The number of likely N-dealkylation sites (tertiary alicyclic amines) is 1. The average molecular weight is 306 g/mol. The van der Waals surface area contributed by atoms with E-state index >= 15 is 0 Å². The van der Waals surface area contributed by atoms with E-state index in [4.69, 9.17) is 9.47 Å². The molecular formula is C18H30N2O2. The van der Waals surface area contributed by atoms with Crippen molar-refractivity contribution >= 4 is 0 Å². The molecule has 0 amide bonds. The van der Waals surface area contributed by atoms with Crippen molar-refractivity contribution < 1.29 is 9.47 Å². The van der Waals surface area contributed by atoms with Crippen molar-refractivity contribution in [2.45, 2.75) is 38.9 Å². The van der Waals surface area contributed by atoms with Gasteiger partial charge in [-0.1, -0.05) is 13.0 Å². The molecule has 1 aromatic rings. The molecule has 1 fully saturated rings. The van der Waals surface area contributed by atoms with Gasteiger partial charge >= 0.3 is 0 Å². The molecule has 0 radical (unpaired) electrons. The quantitative estimate of drug-likeness (QED) is 0.835. The third-order valence-corrected chi connectivity index (χ3v) is 5.01. The fourth-order valence-corrected chi connectivity index (χ4v) is 3.52. The highest BCUT2D eigenvalue weighted by Gasteiger charge is 2.31. The monoisotopic (exact) mass is 306 g/mol. The fraction of sp³-hybridized carbons (Fsp3) is 0.667. The summed E-state index contributed by atoms with van der Waals surface area (Å²) >= 11 is 0. The Hall–Kier alpha value is -1.26. The summed E-state index contributed by atoms with van der Waals surface area (Å²) in [4.78, 5) is 4.95. The van der Waals surface area contributed by atoms with E-state index in [1.165, 1.54) is 18.5 Å². The lowest BCUT2D eigenvalue weighted by Crippen LogP contribution is -2.51. The zero-order valence-electron chi connectivity index (χ0n) is 14.8. The lowest BCUT2D eigenvalue weighted by Gasteiger charge is -2.43. The highest BCUT2D eigenvalue weighted by Crippen LogP contribution is 2.30. The second kappa shape index (κ2) is 7.34. The Bertz CT molecular complexity index is 492. The number of methoxy groups -OCH3 is 2. The molecule has 0 bridgehead atoms. The molecule has 0 aromatic heterocycles. The Balaban J connectivity index is 2.06. The van der Waals surface area contributed by atoms with Crippen molar-refractivity contribution in [3.05, 3.63) is 23.8 Å². The van der Waals surface area contributed by atoms with Crippen LogP contribution < -0.4 is 9.47 Å². The molecule has 1 aliphatic heterocycles.